The molecule has 1 heterocycles. The Morgan fingerprint density at radius 3 is 2.39 bits per heavy atom. The number of aromatic carboxylic acids is 1. The van der Waals surface area contributed by atoms with E-state index in [9.17, 15) is 14.4 Å². The van der Waals surface area contributed by atoms with Crippen molar-refractivity contribution in [1.82, 2.24) is 10.7 Å². The number of carbonyl (C=O) groups is 3. The molecule has 1 atom stereocenters. The van der Waals surface area contributed by atoms with Crippen molar-refractivity contribution in [3.8, 4) is 17.1 Å². The topological polar surface area (TPSA) is 130 Å². The van der Waals surface area contributed by atoms with E-state index in [-0.39, 0.29) is 18.1 Å². The maximum Gasteiger partial charge on any atom is 0.335 e. The van der Waals surface area contributed by atoms with E-state index in [1.54, 1.807) is 48.5 Å². The third kappa shape index (κ3) is 7.99. The first kappa shape index (κ1) is 26.5. The Morgan fingerprint density at radius 2 is 1.75 bits per heavy atom. The number of hydrazone groups is 1. The number of halogens is 1. The van der Waals surface area contributed by atoms with Crippen molar-refractivity contribution in [2.24, 2.45) is 11.0 Å². The van der Waals surface area contributed by atoms with E-state index in [1.165, 1.54) is 18.3 Å². The zero-order chi connectivity index (χ0) is 26.1. The van der Waals surface area contributed by atoms with Gasteiger partial charge in [0, 0.05) is 10.6 Å². The molecular formula is C26H26ClN3O6. The fraction of sp³-hybridized carbons (Fsp3) is 0.231. The van der Waals surface area contributed by atoms with E-state index in [4.69, 9.17) is 25.9 Å². The standard InChI is InChI=1S/C26H26ClN3O6/c1-16(2)13-22(29-24(31)15-35-20-9-7-19(27)8-10-20)25(32)30-28-14-21-11-12-23(36-21)17-3-5-18(6-4-17)26(33)34/h3-12,14,16,22H,13,15H2,1-2H3,(H,29,31)(H,30,32)(H,33,34)/b28-14-/t22-/m1/s1. The molecule has 0 radical (unpaired) electrons. The minimum atomic E-state index is -1.01. The maximum absolute atomic E-state index is 12.7. The molecule has 2 aromatic carbocycles. The number of rotatable bonds is 11. The average molecular weight is 512 g/mol. The summed E-state index contributed by atoms with van der Waals surface area (Å²) in [5.41, 5.74) is 3.30. The van der Waals surface area contributed by atoms with E-state index in [0.717, 1.165) is 0 Å². The molecule has 0 aliphatic carbocycles. The number of benzene rings is 2. The second-order valence-electron chi connectivity index (χ2n) is 8.31. The van der Waals surface area contributed by atoms with Crippen molar-refractivity contribution < 1.29 is 28.6 Å². The van der Waals surface area contributed by atoms with E-state index in [0.29, 0.717) is 34.3 Å². The normalized spacial score (nSPS) is 11.9. The Balaban J connectivity index is 1.55. The molecule has 0 spiro atoms. The summed E-state index contributed by atoms with van der Waals surface area (Å²) < 4.78 is 11.1. The second kappa shape index (κ2) is 12.6. The van der Waals surface area contributed by atoms with Crippen molar-refractivity contribution in [2.45, 2.75) is 26.3 Å². The van der Waals surface area contributed by atoms with Crippen LogP contribution in [0.25, 0.3) is 11.3 Å². The van der Waals surface area contributed by atoms with Gasteiger partial charge in [0.2, 0.25) is 0 Å². The fourth-order valence-corrected chi connectivity index (χ4v) is 3.34. The lowest BCUT2D eigenvalue weighted by Gasteiger charge is -2.19. The Bertz CT molecular complexity index is 1220. The first-order valence-corrected chi connectivity index (χ1v) is 11.5. The SMILES string of the molecule is CC(C)C[C@@H](NC(=O)COc1ccc(Cl)cc1)C(=O)N/N=C\c1ccc(-c2ccc(C(=O)O)cc2)o1. The highest BCUT2D eigenvalue weighted by molar-refractivity contribution is 6.30. The molecule has 0 bridgehead atoms. The first-order chi connectivity index (χ1) is 17.2. The van der Waals surface area contributed by atoms with Gasteiger partial charge >= 0.3 is 5.97 Å². The van der Waals surface area contributed by atoms with Crippen molar-refractivity contribution >= 4 is 35.6 Å². The summed E-state index contributed by atoms with van der Waals surface area (Å²) in [6, 6.07) is 15.4. The van der Waals surface area contributed by atoms with Gasteiger partial charge in [0.25, 0.3) is 11.8 Å². The summed E-state index contributed by atoms with van der Waals surface area (Å²) in [4.78, 5) is 36.0. The number of hydrogen-bond acceptors (Lipinski definition) is 6. The first-order valence-electron chi connectivity index (χ1n) is 11.2. The van der Waals surface area contributed by atoms with Crippen LogP contribution in [0.5, 0.6) is 5.75 Å². The van der Waals surface area contributed by atoms with Crippen molar-refractivity contribution in [2.75, 3.05) is 6.61 Å². The summed E-state index contributed by atoms with van der Waals surface area (Å²) in [7, 11) is 0. The quantitative estimate of drug-likeness (QED) is 0.259. The van der Waals surface area contributed by atoms with Gasteiger partial charge in [-0.15, -0.1) is 0 Å². The largest absolute Gasteiger partial charge is 0.484 e. The van der Waals surface area contributed by atoms with Gasteiger partial charge in [-0.05, 0) is 60.9 Å². The average Bonchev–Trinajstić information content (AvgIpc) is 3.32. The molecule has 0 aliphatic rings. The van der Waals surface area contributed by atoms with Crippen LogP contribution in [0.15, 0.2) is 70.2 Å². The van der Waals surface area contributed by atoms with Crippen LogP contribution in [0.1, 0.15) is 36.4 Å². The molecule has 0 unspecified atom stereocenters. The number of nitrogens with one attached hydrogen (secondary N) is 2. The molecule has 188 valence electrons. The number of amides is 2. The van der Waals surface area contributed by atoms with Crippen LogP contribution < -0.4 is 15.5 Å². The van der Waals surface area contributed by atoms with E-state index >= 15 is 0 Å². The Hall–Kier alpha value is -4.11. The van der Waals surface area contributed by atoms with Crippen LogP contribution in [-0.4, -0.2) is 41.8 Å². The van der Waals surface area contributed by atoms with Gasteiger partial charge in [0.1, 0.15) is 23.3 Å². The highest BCUT2D eigenvalue weighted by Crippen LogP contribution is 2.22. The molecule has 0 aliphatic heterocycles. The summed E-state index contributed by atoms with van der Waals surface area (Å²) >= 11 is 5.84. The maximum atomic E-state index is 12.7. The fourth-order valence-electron chi connectivity index (χ4n) is 3.21. The minimum Gasteiger partial charge on any atom is -0.484 e. The van der Waals surface area contributed by atoms with Gasteiger partial charge in [-0.25, -0.2) is 10.2 Å². The van der Waals surface area contributed by atoms with Crippen LogP contribution in [0.3, 0.4) is 0 Å². The number of carboxylic acid groups (broad SMARTS) is 1. The number of furan rings is 1. The molecule has 9 nitrogen and oxygen atoms in total. The molecule has 3 rings (SSSR count). The van der Waals surface area contributed by atoms with Crippen LogP contribution in [-0.2, 0) is 9.59 Å². The minimum absolute atomic E-state index is 0.141. The van der Waals surface area contributed by atoms with Crippen LogP contribution in [0.4, 0.5) is 0 Å². The van der Waals surface area contributed by atoms with Crippen LogP contribution in [0.2, 0.25) is 5.02 Å². The van der Waals surface area contributed by atoms with Gasteiger partial charge < -0.3 is 19.6 Å². The lowest BCUT2D eigenvalue weighted by molar-refractivity contribution is -0.130. The van der Waals surface area contributed by atoms with Crippen molar-refractivity contribution in [3.05, 3.63) is 77.0 Å². The number of ether oxygens (including phenoxy) is 1. The molecule has 0 saturated heterocycles. The number of carboxylic acids is 1. The molecule has 3 aromatic rings. The molecular weight excluding hydrogens is 486 g/mol. The monoisotopic (exact) mass is 511 g/mol. The second-order valence-corrected chi connectivity index (χ2v) is 8.75. The smallest absolute Gasteiger partial charge is 0.335 e. The number of nitrogens with zero attached hydrogens (tertiary/aromatic N) is 1. The van der Waals surface area contributed by atoms with Crippen molar-refractivity contribution in [3.63, 3.8) is 0 Å². The van der Waals surface area contributed by atoms with Gasteiger partial charge in [0.15, 0.2) is 6.61 Å². The Morgan fingerprint density at radius 1 is 1.06 bits per heavy atom. The third-order valence-corrected chi connectivity index (χ3v) is 5.20. The van der Waals surface area contributed by atoms with E-state index in [2.05, 4.69) is 15.8 Å². The molecule has 1 aromatic heterocycles. The molecule has 0 fully saturated rings. The van der Waals surface area contributed by atoms with Gasteiger partial charge in [-0.3, -0.25) is 9.59 Å². The highest BCUT2D eigenvalue weighted by Gasteiger charge is 2.22. The predicted molar refractivity (Wildman–Crippen MR) is 135 cm³/mol. The Labute approximate surface area is 213 Å². The molecule has 10 heteroatoms. The molecule has 0 saturated carbocycles. The summed E-state index contributed by atoms with van der Waals surface area (Å²) in [6.45, 7) is 3.62. The van der Waals surface area contributed by atoms with Gasteiger partial charge in [0.05, 0.1) is 11.8 Å². The Kier molecular flexibility index (Phi) is 9.24. The molecule has 2 amide bonds. The van der Waals surface area contributed by atoms with Crippen LogP contribution in [0, 0.1) is 5.92 Å². The molecule has 36 heavy (non-hydrogen) atoms. The zero-order valence-electron chi connectivity index (χ0n) is 19.7. The van der Waals surface area contributed by atoms with Crippen molar-refractivity contribution in [1.29, 1.82) is 0 Å². The summed E-state index contributed by atoms with van der Waals surface area (Å²) in [5.74, 6) is -0.401. The summed E-state index contributed by atoms with van der Waals surface area (Å²) in [5, 5.41) is 16.2. The van der Waals surface area contributed by atoms with E-state index < -0.39 is 23.8 Å². The van der Waals surface area contributed by atoms with Gasteiger partial charge in [-0.1, -0.05) is 37.6 Å². The number of hydrogen-bond donors (Lipinski definition) is 3. The van der Waals surface area contributed by atoms with E-state index in [1.807, 2.05) is 13.8 Å². The lowest BCUT2D eigenvalue weighted by atomic mass is 10.0. The predicted octanol–water partition coefficient (Wildman–Crippen LogP) is 4.36. The lowest BCUT2D eigenvalue weighted by Crippen LogP contribution is -2.47. The third-order valence-electron chi connectivity index (χ3n) is 4.95. The summed E-state index contributed by atoms with van der Waals surface area (Å²) in [6.07, 6.45) is 1.75. The molecule has 3 N–H and O–H groups in total. The van der Waals surface area contributed by atoms with Crippen LogP contribution >= 0.6 is 11.6 Å². The van der Waals surface area contributed by atoms with Gasteiger partial charge in [-0.2, -0.15) is 5.10 Å². The number of carbonyl (C=O) groups excluding carboxylic acids is 2. The highest BCUT2D eigenvalue weighted by atomic mass is 35.5. The zero-order valence-corrected chi connectivity index (χ0v) is 20.5.